The number of rotatable bonds is 6. The second kappa shape index (κ2) is 17.3. The van der Waals surface area contributed by atoms with Crippen molar-refractivity contribution in [3.8, 4) is 0 Å². The van der Waals surface area contributed by atoms with Crippen molar-refractivity contribution in [2.75, 3.05) is 0 Å². The van der Waals surface area contributed by atoms with E-state index in [-0.39, 0.29) is 177 Å². The quantitative estimate of drug-likeness (QED) is 0.262. The van der Waals surface area contributed by atoms with E-state index < -0.39 is 64.9 Å². The van der Waals surface area contributed by atoms with Crippen LogP contribution in [0.1, 0.15) is 6.42 Å². The van der Waals surface area contributed by atoms with Crippen LogP contribution in [0.5, 0.6) is 0 Å². The Kier molecular flexibility index (Phi) is 27.0. The molecular weight excluding hydrogens is 462 g/mol. The first-order chi connectivity index (χ1) is 10.4. The van der Waals surface area contributed by atoms with E-state index in [1.54, 1.807) is 0 Å². The van der Waals surface area contributed by atoms with E-state index >= 15 is 0 Å². The van der Waals surface area contributed by atoms with Gasteiger partial charge in [0.1, 0.15) is 0 Å². The van der Waals surface area contributed by atoms with Gasteiger partial charge in [-0.05, 0) is 6.42 Å². The van der Waals surface area contributed by atoms with E-state index in [1.807, 2.05) is 0 Å². The largest absolute Gasteiger partial charge is 1.00 e. The summed E-state index contributed by atoms with van der Waals surface area (Å²) in [4.78, 5) is 66.6. The Bertz CT molecular complexity index is 570. The average molecular weight is 466 g/mol. The molecule has 0 amide bonds. The van der Waals surface area contributed by atoms with Crippen LogP contribution in [0, 0.1) is 22.7 Å². The van der Waals surface area contributed by atoms with Gasteiger partial charge >= 0.3 is 177 Å². The average Bonchev–Trinajstić information content (AvgIpc) is 2.72. The summed E-state index contributed by atoms with van der Waals surface area (Å²) in [5.74, 6) is -22.8. The Hall–Kier alpha value is 2.82. The molecule has 0 aromatic rings. The molecule has 2 atom stereocenters. The van der Waals surface area contributed by atoms with Gasteiger partial charge in [0.05, 0.1) is 34.7 Å². The molecule has 12 nitrogen and oxygen atoms in total. The Balaban J connectivity index is -0.000000220. The zero-order valence-corrected chi connectivity index (χ0v) is 28.8. The van der Waals surface area contributed by atoms with E-state index in [1.165, 1.54) is 0 Å². The van der Waals surface area contributed by atoms with Gasteiger partial charge in [-0.2, -0.15) is 0 Å². The van der Waals surface area contributed by atoms with Crippen molar-refractivity contribution in [1.29, 1.82) is 0 Å². The van der Waals surface area contributed by atoms with Crippen molar-refractivity contribution in [2.24, 2.45) is 22.7 Å². The van der Waals surface area contributed by atoms with E-state index in [0.717, 1.165) is 0 Å². The molecule has 0 saturated heterocycles. The topological polar surface area (TPSA) is 241 Å². The van der Waals surface area contributed by atoms with E-state index in [2.05, 4.69) is 0 Å². The van der Waals surface area contributed by atoms with Gasteiger partial charge in [0.25, 0.3) is 0 Å². The van der Waals surface area contributed by atoms with E-state index in [0.29, 0.717) is 0 Å². The molecule has 29 heavy (non-hydrogen) atoms. The van der Waals surface area contributed by atoms with Crippen molar-refractivity contribution in [2.45, 2.75) is 6.42 Å². The van der Waals surface area contributed by atoms with Crippen LogP contribution in [0.25, 0.3) is 0 Å². The minimum absolute atomic E-state index is 0. The van der Waals surface area contributed by atoms with Gasteiger partial charge in [-0.25, -0.2) is 0 Å². The number of hydrogen-bond acceptors (Lipinski definition) is 12. The van der Waals surface area contributed by atoms with Crippen molar-refractivity contribution in [3.63, 3.8) is 0 Å². The van der Waals surface area contributed by atoms with Crippen molar-refractivity contribution < 1.29 is 237 Å². The third kappa shape index (κ3) is 7.93. The molecule has 1 rings (SSSR count). The summed E-state index contributed by atoms with van der Waals surface area (Å²) in [6, 6.07) is 0. The predicted molar refractivity (Wildman–Crippen MR) is 46.5 cm³/mol. The monoisotopic (exact) mass is 466 g/mol. The normalized spacial score (nSPS) is 19.4. The minimum Gasteiger partial charge on any atom is -0.550 e. The number of carbonyl (C=O) groups is 6. The molecule has 0 radical (unpaired) electrons. The summed E-state index contributed by atoms with van der Waals surface area (Å²) in [6.45, 7) is 0. The summed E-state index contributed by atoms with van der Waals surface area (Å²) in [6.07, 6.45) is -2.06. The van der Waals surface area contributed by atoms with Crippen LogP contribution in [0.3, 0.4) is 0 Å². The molecule has 1 aliphatic carbocycles. The van der Waals surface area contributed by atoms with E-state index in [4.69, 9.17) is 0 Å². The van der Waals surface area contributed by atoms with Gasteiger partial charge < -0.3 is 59.4 Å². The number of aliphatic carboxylic acids is 6. The number of carboxylic acids is 6. The van der Waals surface area contributed by atoms with Gasteiger partial charge in [0.15, 0.2) is 0 Å². The summed E-state index contributed by atoms with van der Waals surface area (Å²) >= 11 is 0. The third-order valence-corrected chi connectivity index (χ3v) is 3.92. The maximum absolute atomic E-state index is 11.1. The molecule has 1 saturated carbocycles. The molecule has 0 N–H and O–H groups in total. The maximum atomic E-state index is 11.1. The van der Waals surface area contributed by atoms with Gasteiger partial charge in [-0.1, -0.05) is 0 Å². The van der Waals surface area contributed by atoms with Crippen LogP contribution in [-0.2, 0) is 28.8 Å². The van der Waals surface area contributed by atoms with Crippen molar-refractivity contribution in [1.82, 2.24) is 0 Å². The molecule has 18 heteroatoms. The molecule has 0 aromatic heterocycles. The van der Waals surface area contributed by atoms with Crippen molar-refractivity contribution >= 4 is 35.8 Å². The van der Waals surface area contributed by atoms with Gasteiger partial charge in [0.2, 0.25) is 0 Å². The molecular formula is C11H4Na6O12. The summed E-state index contributed by atoms with van der Waals surface area (Å²) in [5.41, 5.74) is -7.66. The Labute approximate surface area is 296 Å². The minimum atomic E-state index is -3.83. The molecule has 0 spiro atoms. The second-order valence-electron chi connectivity index (χ2n) is 4.86. The Morgan fingerprint density at radius 3 is 0.759 bits per heavy atom. The van der Waals surface area contributed by atoms with Crippen LogP contribution in [0.15, 0.2) is 0 Å². The van der Waals surface area contributed by atoms with Gasteiger partial charge in [-0.15, -0.1) is 0 Å². The summed E-state index contributed by atoms with van der Waals surface area (Å²) in [5, 5.41) is 66.6. The Morgan fingerprint density at radius 1 is 0.483 bits per heavy atom. The predicted octanol–water partition coefficient (Wildman–Crippen LogP) is -27.9. The van der Waals surface area contributed by atoms with Gasteiger partial charge in [-0.3, -0.25) is 0 Å². The third-order valence-electron chi connectivity index (χ3n) is 3.92. The second-order valence-corrected chi connectivity index (χ2v) is 4.86. The number of hydrogen-bond donors (Lipinski definition) is 0. The zero-order chi connectivity index (χ0) is 18.3. The SMILES string of the molecule is O=C([O-])C1C(C(=O)[O-])C(C(=O)[O-])(C(=O)[O-])CC1(C(=O)[O-])C(=O)[O-].[Na+].[Na+].[Na+].[Na+].[Na+].[Na+]. The van der Waals surface area contributed by atoms with Crippen LogP contribution < -0.4 is 208 Å². The van der Waals surface area contributed by atoms with Crippen LogP contribution >= 0.6 is 0 Å². The summed E-state index contributed by atoms with van der Waals surface area (Å²) in [7, 11) is 0. The fourth-order valence-electron chi connectivity index (χ4n) is 2.87. The molecule has 0 heterocycles. The first-order valence-electron chi connectivity index (χ1n) is 5.64. The van der Waals surface area contributed by atoms with E-state index in [9.17, 15) is 59.4 Å². The van der Waals surface area contributed by atoms with Crippen LogP contribution in [-0.4, -0.2) is 35.8 Å². The van der Waals surface area contributed by atoms with Crippen LogP contribution in [0.4, 0.5) is 0 Å². The smallest absolute Gasteiger partial charge is 0.550 e. The standard InChI is InChI=1S/C11H10O12.6Na/c12-4(13)2-3(5(14)15)11(8(20)21,9(22)23)1-10(2,6(16)17)7(18)19;;;;;;/h2-3H,1H2,(H,12,13)(H,14,15)(H,16,17)(H,18,19)(H,20,21)(H,22,23);;;;;;/q;6*+1/p-6. The number of carboxylic acid groups (broad SMARTS) is 6. The van der Waals surface area contributed by atoms with Gasteiger partial charge in [0, 0.05) is 23.8 Å². The molecule has 0 aliphatic heterocycles. The molecule has 1 aliphatic rings. The fourth-order valence-corrected chi connectivity index (χ4v) is 2.87. The first-order valence-corrected chi connectivity index (χ1v) is 5.64. The van der Waals surface area contributed by atoms with Crippen molar-refractivity contribution in [3.05, 3.63) is 0 Å². The fraction of sp³-hybridized carbons (Fsp3) is 0.455. The molecule has 1 fully saturated rings. The summed E-state index contributed by atoms with van der Waals surface area (Å²) < 4.78 is 0. The molecule has 0 aromatic carbocycles. The maximum Gasteiger partial charge on any atom is 1.00 e. The molecule has 0 bridgehead atoms. The number of carbonyl (C=O) groups excluding carboxylic acids is 6. The zero-order valence-electron chi connectivity index (χ0n) is 16.8. The molecule has 2 unspecified atom stereocenters. The first kappa shape index (κ1) is 45.3. The Morgan fingerprint density at radius 2 is 0.655 bits per heavy atom. The van der Waals surface area contributed by atoms with Crippen LogP contribution in [0.2, 0.25) is 0 Å². The molecule has 126 valence electrons.